The molecule has 0 bridgehead atoms. The average Bonchev–Trinajstić information content (AvgIpc) is 2.82. The standard InChI is InChI=1S/C24H17BrCl2N4O2S/c1-14(18-11-8-16(26)12-20(18)27)29-30-22(32)13-34-24-28-21-5-3-2-4-19(21)23(33)31(24)17-9-6-15(25)7-10-17/h2-12H,13H2,1H3,(H,30,32). The predicted octanol–water partition coefficient (Wildman–Crippen LogP) is 6.09. The Bertz CT molecular complexity index is 1470. The lowest BCUT2D eigenvalue weighted by molar-refractivity contribution is -0.118. The van der Waals surface area contributed by atoms with Crippen molar-refractivity contribution in [3.8, 4) is 5.69 Å². The molecule has 0 aliphatic heterocycles. The second-order valence-corrected chi connectivity index (χ2v) is 9.88. The molecule has 0 radical (unpaired) electrons. The zero-order valence-corrected chi connectivity index (χ0v) is 21.7. The third kappa shape index (κ3) is 5.52. The number of halogens is 3. The second-order valence-electron chi connectivity index (χ2n) is 7.17. The topological polar surface area (TPSA) is 76.3 Å². The summed E-state index contributed by atoms with van der Waals surface area (Å²) in [6, 6.07) is 19.5. The fraction of sp³-hybridized carbons (Fsp3) is 0.0833. The Hall–Kier alpha value is -2.65. The van der Waals surface area contributed by atoms with E-state index in [9.17, 15) is 9.59 Å². The Morgan fingerprint density at radius 3 is 2.59 bits per heavy atom. The van der Waals surface area contributed by atoms with Gasteiger partial charge in [0.15, 0.2) is 5.16 Å². The molecular formula is C24H17BrCl2N4O2S. The second kappa shape index (κ2) is 10.7. The zero-order valence-electron chi connectivity index (χ0n) is 17.8. The molecule has 4 rings (SSSR count). The van der Waals surface area contributed by atoms with E-state index in [0.29, 0.717) is 43.1 Å². The molecule has 0 aliphatic carbocycles. The van der Waals surface area contributed by atoms with E-state index >= 15 is 0 Å². The van der Waals surface area contributed by atoms with E-state index in [-0.39, 0.29) is 17.2 Å². The number of carbonyl (C=O) groups is 1. The first-order valence-electron chi connectivity index (χ1n) is 10.0. The average molecular weight is 576 g/mol. The van der Waals surface area contributed by atoms with E-state index in [4.69, 9.17) is 23.2 Å². The lowest BCUT2D eigenvalue weighted by atomic mass is 10.1. The van der Waals surface area contributed by atoms with Crippen LogP contribution >= 0.6 is 50.9 Å². The number of hydrogen-bond acceptors (Lipinski definition) is 5. The highest BCUT2D eigenvalue weighted by Crippen LogP contribution is 2.23. The van der Waals surface area contributed by atoms with E-state index < -0.39 is 0 Å². The van der Waals surface area contributed by atoms with E-state index in [0.717, 1.165) is 16.2 Å². The molecule has 1 N–H and O–H groups in total. The van der Waals surface area contributed by atoms with Crippen LogP contribution in [0.5, 0.6) is 0 Å². The third-order valence-electron chi connectivity index (χ3n) is 4.83. The van der Waals surface area contributed by atoms with Gasteiger partial charge >= 0.3 is 0 Å². The molecule has 0 aliphatic rings. The summed E-state index contributed by atoms with van der Waals surface area (Å²) in [4.78, 5) is 30.4. The number of amides is 1. The van der Waals surface area contributed by atoms with Gasteiger partial charge in [0.25, 0.3) is 11.5 Å². The Morgan fingerprint density at radius 1 is 1.12 bits per heavy atom. The molecule has 10 heteroatoms. The van der Waals surface area contributed by atoms with Crippen LogP contribution in [0, 0.1) is 0 Å². The Balaban J connectivity index is 1.58. The smallest absolute Gasteiger partial charge is 0.266 e. The summed E-state index contributed by atoms with van der Waals surface area (Å²) in [7, 11) is 0. The van der Waals surface area contributed by atoms with Gasteiger partial charge < -0.3 is 0 Å². The number of nitrogens with one attached hydrogen (secondary N) is 1. The van der Waals surface area contributed by atoms with Crippen molar-refractivity contribution in [1.29, 1.82) is 0 Å². The van der Waals surface area contributed by atoms with Gasteiger partial charge in [0.2, 0.25) is 0 Å². The summed E-state index contributed by atoms with van der Waals surface area (Å²) in [6.45, 7) is 1.73. The zero-order chi connectivity index (χ0) is 24.2. The highest BCUT2D eigenvalue weighted by atomic mass is 79.9. The number of rotatable bonds is 6. The van der Waals surface area contributed by atoms with Crippen LogP contribution in [0.25, 0.3) is 16.6 Å². The Kier molecular flexibility index (Phi) is 7.73. The maximum atomic E-state index is 13.3. The highest BCUT2D eigenvalue weighted by Gasteiger charge is 2.15. The monoisotopic (exact) mass is 574 g/mol. The molecule has 1 aromatic heterocycles. The van der Waals surface area contributed by atoms with Crippen molar-refractivity contribution in [3.05, 3.63) is 97.2 Å². The number of nitrogens with zero attached hydrogens (tertiary/aromatic N) is 3. The summed E-state index contributed by atoms with van der Waals surface area (Å²) >= 11 is 16.7. The number of thioether (sulfide) groups is 1. The Morgan fingerprint density at radius 2 is 1.85 bits per heavy atom. The first kappa shape index (κ1) is 24.5. The number of hydrogen-bond donors (Lipinski definition) is 1. The van der Waals surface area contributed by atoms with Crippen LogP contribution in [0.2, 0.25) is 10.0 Å². The predicted molar refractivity (Wildman–Crippen MR) is 143 cm³/mol. The molecule has 6 nitrogen and oxygen atoms in total. The van der Waals surface area contributed by atoms with Gasteiger partial charge in [0, 0.05) is 15.1 Å². The molecule has 0 fully saturated rings. The fourth-order valence-corrected chi connectivity index (χ4v) is 4.79. The van der Waals surface area contributed by atoms with Crippen molar-refractivity contribution in [2.45, 2.75) is 12.1 Å². The van der Waals surface area contributed by atoms with Crippen molar-refractivity contribution >= 4 is 73.4 Å². The van der Waals surface area contributed by atoms with Gasteiger partial charge in [-0.15, -0.1) is 0 Å². The van der Waals surface area contributed by atoms with Gasteiger partial charge in [0.1, 0.15) is 0 Å². The van der Waals surface area contributed by atoms with Crippen LogP contribution in [-0.2, 0) is 4.79 Å². The van der Waals surface area contributed by atoms with Gasteiger partial charge in [-0.1, -0.05) is 69.1 Å². The van der Waals surface area contributed by atoms with Crippen LogP contribution in [0.1, 0.15) is 12.5 Å². The van der Waals surface area contributed by atoms with Gasteiger partial charge in [-0.2, -0.15) is 5.10 Å². The van der Waals surface area contributed by atoms with Crippen LogP contribution in [-0.4, -0.2) is 26.9 Å². The quantitative estimate of drug-likeness (QED) is 0.131. The number of aromatic nitrogens is 2. The SMILES string of the molecule is CC(=NNC(=O)CSc1nc2ccccc2c(=O)n1-c1ccc(Br)cc1)c1ccc(Cl)cc1Cl. The Labute approximate surface area is 218 Å². The molecule has 1 amide bonds. The van der Waals surface area contributed by atoms with Crippen LogP contribution in [0.15, 0.2) is 86.3 Å². The normalized spacial score (nSPS) is 11.6. The highest BCUT2D eigenvalue weighted by molar-refractivity contribution is 9.10. The molecule has 3 aromatic carbocycles. The van der Waals surface area contributed by atoms with Crippen molar-refractivity contribution in [2.75, 3.05) is 5.75 Å². The van der Waals surface area contributed by atoms with Crippen LogP contribution < -0.4 is 11.0 Å². The fourth-order valence-electron chi connectivity index (χ4n) is 3.18. The van der Waals surface area contributed by atoms with Crippen molar-refractivity contribution in [1.82, 2.24) is 15.0 Å². The number of benzene rings is 3. The molecule has 0 spiro atoms. The van der Waals surface area contributed by atoms with Crippen LogP contribution in [0.3, 0.4) is 0 Å². The summed E-state index contributed by atoms with van der Waals surface area (Å²) in [5.41, 5.74) is 4.74. The molecule has 1 heterocycles. The van der Waals surface area contributed by atoms with Crippen molar-refractivity contribution < 1.29 is 4.79 Å². The minimum absolute atomic E-state index is 0.00639. The summed E-state index contributed by atoms with van der Waals surface area (Å²) in [5, 5.41) is 6.00. The molecule has 0 atom stereocenters. The number of para-hydroxylation sites is 1. The molecule has 34 heavy (non-hydrogen) atoms. The van der Waals surface area contributed by atoms with E-state index in [1.807, 2.05) is 30.3 Å². The third-order valence-corrected chi connectivity index (χ3v) is 6.85. The molecule has 0 unspecified atom stereocenters. The minimum Gasteiger partial charge on any atom is -0.272 e. The van der Waals surface area contributed by atoms with Crippen molar-refractivity contribution in [3.63, 3.8) is 0 Å². The molecular weight excluding hydrogens is 559 g/mol. The lowest BCUT2D eigenvalue weighted by Crippen LogP contribution is -2.24. The van der Waals surface area contributed by atoms with E-state index in [1.165, 1.54) is 4.57 Å². The maximum absolute atomic E-state index is 13.3. The van der Waals surface area contributed by atoms with Gasteiger partial charge in [0.05, 0.1) is 33.1 Å². The van der Waals surface area contributed by atoms with Crippen molar-refractivity contribution in [2.24, 2.45) is 5.10 Å². The lowest BCUT2D eigenvalue weighted by Gasteiger charge is -2.13. The number of carbonyl (C=O) groups excluding carboxylic acids is 1. The van der Waals surface area contributed by atoms with Gasteiger partial charge in [-0.3, -0.25) is 14.2 Å². The first-order valence-corrected chi connectivity index (χ1v) is 12.6. The maximum Gasteiger partial charge on any atom is 0.266 e. The largest absolute Gasteiger partial charge is 0.272 e. The van der Waals surface area contributed by atoms with E-state index in [1.54, 1.807) is 43.3 Å². The first-order chi connectivity index (χ1) is 16.3. The number of fused-ring (bicyclic) bond motifs is 1. The van der Waals surface area contributed by atoms with Crippen LogP contribution in [0.4, 0.5) is 0 Å². The van der Waals surface area contributed by atoms with Gasteiger partial charge in [-0.25, -0.2) is 10.4 Å². The minimum atomic E-state index is -0.348. The molecule has 0 saturated heterocycles. The number of hydrazone groups is 1. The molecule has 4 aromatic rings. The van der Waals surface area contributed by atoms with Gasteiger partial charge in [-0.05, 0) is 55.5 Å². The summed E-state index contributed by atoms with van der Waals surface area (Å²) < 4.78 is 2.40. The molecule has 0 saturated carbocycles. The molecule has 172 valence electrons. The van der Waals surface area contributed by atoms with E-state index in [2.05, 4.69) is 31.4 Å². The summed E-state index contributed by atoms with van der Waals surface area (Å²) in [6.07, 6.45) is 0. The summed E-state index contributed by atoms with van der Waals surface area (Å²) in [5.74, 6) is -0.342.